The third-order valence-corrected chi connectivity index (χ3v) is 3.10. The Balaban J connectivity index is 2.56. The number of benzene rings is 1. The largest absolute Gasteiger partial charge is 0.419 e. The lowest BCUT2D eigenvalue weighted by Crippen LogP contribution is -2.41. The Morgan fingerprint density at radius 3 is 1.88 bits per heavy atom. The van der Waals surface area contributed by atoms with Crippen LogP contribution in [0.25, 0.3) is 6.08 Å². The van der Waals surface area contributed by atoms with E-state index in [2.05, 4.69) is 0 Å². The lowest BCUT2D eigenvalue weighted by Gasteiger charge is -2.29. The molecule has 0 bridgehead atoms. The van der Waals surface area contributed by atoms with E-state index in [0.29, 0.717) is 18.2 Å². The van der Waals surface area contributed by atoms with Gasteiger partial charge in [0.1, 0.15) is 5.57 Å². The Kier molecular flexibility index (Phi) is 4.35. The summed E-state index contributed by atoms with van der Waals surface area (Å²) in [5.41, 5.74) is -4.83. The van der Waals surface area contributed by atoms with E-state index in [1.165, 1.54) is 13.8 Å². The van der Waals surface area contributed by atoms with E-state index in [1.807, 2.05) is 0 Å². The molecule has 1 aliphatic rings. The molecule has 10 heteroatoms. The number of halogens is 6. The first-order valence-corrected chi connectivity index (χ1v) is 6.67. The summed E-state index contributed by atoms with van der Waals surface area (Å²) in [6.45, 7) is 2.47. The van der Waals surface area contributed by atoms with Crippen molar-refractivity contribution in [3.05, 3.63) is 40.5 Å². The number of alkyl halides is 6. The van der Waals surface area contributed by atoms with Crippen LogP contribution in [0.2, 0.25) is 0 Å². The van der Waals surface area contributed by atoms with Gasteiger partial charge in [0, 0.05) is 13.8 Å². The molecule has 1 aromatic carbocycles. The van der Waals surface area contributed by atoms with E-state index >= 15 is 0 Å². The van der Waals surface area contributed by atoms with Crippen LogP contribution in [0.3, 0.4) is 0 Å². The second-order valence-electron chi connectivity index (χ2n) is 5.53. The number of hydrogen-bond acceptors (Lipinski definition) is 4. The number of carbonyl (C=O) groups excluding carboxylic acids is 2. The number of rotatable bonds is 1. The van der Waals surface area contributed by atoms with E-state index in [0.717, 1.165) is 0 Å². The molecule has 2 rings (SSSR count). The molecule has 0 spiro atoms. The molecular formula is C15H10F6O4. The van der Waals surface area contributed by atoms with Gasteiger partial charge in [0.25, 0.3) is 5.79 Å². The van der Waals surface area contributed by atoms with Crippen molar-refractivity contribution in [2.75, 3.05) is 0 Å². The van der Waals surface area contributed by atoms with Crippen molar-refractivity contribution in [3.8, 4) is 0 Å². The summed E-state index contributed by atoms with van der Waals surface area (Å²) < 4.78 is 86.5. The van der Waals surface area contributed by atoms with Gasteiger partial charge in [-0.3, -0.25) is 0 Å². The van der Waals surface area contributed by atoms with E-state index in [-0.39, 0.29) is 6.07 Å². The second kappa shape index (κ2) is 5.78. The Bertz CT molecular complexity index is 736. The highest BCUT2D eigenvalue weighted by Gasteiger charge is 2.41. The Hall–Kier alpha value is -2.52. The van der Waals surface area contributed by atoms with Gasteiger partial charge in [-0.2, -0.15) is 26.3 Å². The Morgan fingerprint density at radius 2 is 1.44 bits per heavy atom. The molecule has 25 heavy (non-hydrogen) atoms. The molecule has 1 saturated heterocycles. The molecular weight excluding hydrogens is 358 g/mol. The molecule has 1 fully saturated rings. The maximum Gasteiger partial charge on any atom is 0.417 e. The predicted molar refractivity (Wildman–Crippen MR) is 70.7 cm³/mol. The van der Waals surface area contributed by atoms with Crippen LogP contribution in [0, 0.1) is 0 Å². The average Bonchev–Trinajstić information content (AvgIpc) is 2.39. The number of hydrogen-bond donors (Lipinski definition) is 0. The minimum Gasteiger partial charge on any atom is -0.419 e. The van der Waals surface area contributed by atoms with E-state index in [9.17, 15) is 35.9 Å². The van der Waals surface area contributed by atoms with Crippen molar-refractivity contribution < 1.29 is 45.4 Å². The molecule has 0 N–H and O–H groups in total. The summed E-state index contributed by atoms with van der Waals surface area (Å²) in [4.78, 5) is 23.5. The van der Waals surface area contributed by atoms with Gasteiger partial charge in [0.2, 0.25) is 0 Å². The standard InChI is InChI=1S/C15H10F6O4/c1-13(2)24-11(22)9(12(23)25-13)5-7-3-4-8(14(16,17)18)6-10(7)15(19,20)21/h3-6H,1-2H3. The molecule has 1 heterocycles. The van der Waals surface area contributed by atoms with Gasteiger partial charge in [-0.15, -0.1) is 0 Å². The minimum atomic E-state index is -5.14. The summed E-state index contributed by atoms with van der Waals surface area (Å²) in [7, 11) is 0. The van der Waals surface area contributed by atoms with Gasteiger partial charge in [0.15, 0.2) is 0 Å². The van der Waals surface area contributed by atoms with Gasteiger partial charge >= 0.3 is 24.3 Å². The zero-order valence-corrected chi connectivity index (χ0v) is 12.7. The number of ether oxygens (including phenoxy) is 2. The highest BCUT2D eigenvalue weighted by atomic mass is 19.4. The first-order valence-electron chi connectivity index (χ1n) is 6.67. The van der Waals surface area contributed by atoms with Crippen molar-refractivity contribution in [2.45, 2.75) is 32.0 Å². The van der Waals surface area contributed by atoms with Crippen LogP contribution in [0.15, 0.2) is 23.8 Å². The molecule has 0 aliphatic carbocycles. The fourth-order valence-electron chi connectivity index (χ4n) is 2.04. The van der Waals surface area contributed by atoms with Gasteiger partial charge in [-0.1, -0.05) is 6.07 Å². The number of cyclic esters (lactones) is 2. The maximum absolute atomic E-state index is 13.1. The molecule has 0 radical (unpaired) electrons. The van der Waals surface area contributed by atoms with Crippen LogP contribution in [-0.2, 0) is 31.4 Å². The topological polar surface area (TPSA) is 52.6 Å². The molecule has 0 unspecified atom stereocenters. The zero-order valence-electron chi connectivity index (χ0n) is 12.7. The van der Waals surface area contributed by atoms with Crippen LogP contribution in [0.1, 0.15) is 30.5 Å². The number of carbonyl (C=O) groups is 2. The Morgan fingerprint density at radius 1 is 0.920 bits per heavy atom. The average molecular weight is 368 g/mol. The van der Waals surface area contributed by atoms with E-state index in [4.69, 9.17) is 9.47 Å². The smallest absolute Gasteiger partial charge is 0.417 e. The summed E-state index contributed by atoms with van der Waals surface area (Å²) in [5.74, 6) is -4.08. The van der Waals surface area contributed by atoms with Gasteiger partial charge < -0.3 is 9.47 Å². The SMILES string of the molecule is CC1(C)OC(=O)C(=Cc2ccc(C(F)(F)F)cc2C(F)(F)F)C(=O)O1. The minimum absolute atomic E-state index is 0.101. The van der Waals surface area contributed by atoms with Crippen molar-refractivity contribution in [1.29, 1.82) is 0 Å². The zero-order chi connectivity index (χ0) is 19.2. The van der Waals surface area contributed by atoms with Crippen molar-refractivity contribution in [2.24, 2.45) is 0 Å². The van der Waals surface area contributed by atoms with Gasteiger partial charge in [-0.25, -0.2) is 9.59 Å². The molecule has 0 amide bonds. The molecule has 4 nitrogen and oxygen atoms in total. The normalized spacial score (nSPS) is 17.8. The maximum atomic E-state index is 13.1. The van der Waals surface area contributed by atoms with Crippen LogP contribution in [0.4, 0.5) is 26.3 Å². The van der Waals surface area contributed by atoms with Crippen molar-refractivity contribution >= 4 is 18.0 Å². The first kappa shape index (κ1) is 18.8. The second-order valence-corrected chi connectivity index (χ2v) is 5.53. The quantitative estimate of drug-likeness (QED) is 0.326. The highest BCUT2D eigenvalue weighted by Crippen LogP contribution is 2.38. The monoisotopic (exact) mass is 368 g/mol. The van der Waals surface area contributed by atoms with E-state index in [1.54, 1.807) is 0 Å². The molecule has 136 valence electrons. The van der Waals surface area contributed by atoms with Crippen LogP contribution < -0.4 is 0 Å². The fraction of sp³-hybridized carbons (Fsp3) is 0.333. The van der Waals surface area contributed by atoms with Crippen LogP contribution in [0.5, 0.6) is 0 Å². The third-order valence-electron chi connectivity index (χ3n) is 3.10. The summed E-state index contributed by atoms with van der Waals surface area (Å²) in [5, 5.41) is 0. The van der Waals surface area contributed by atoms with Gasteiger partial charge in [0.05, 0.1) is 11.1 Å². The Labute approximate surface area is 137 Å². The fourth-order valence-corrected chi connectivity index (χ4v) is 2.04. The third kappa shape index (κ3) is 4.12. The van der Waals surface area contributed by atoms with Gasteiger partial charge in [-0.05, 0) is 23.8 Å². The lowest BCUT2D eigenvalue weighted by molar-refractivity contribution is -0.222. The molecule has 1 aliphatic heterocycles. The summed E-state index contributed by atoms with van der Waals surface area (Å²) >= 11 is 0. The lowest BCUT2D eigenvalue weighted by atomic mass is 10.0. The first-order chi connectivity index (χ1) is 11.2. The molecule has 0 saturated carbocycles. The number of esters is 2. The van der Waals surface area contributed by atoms with E-state index < -0.39 is 52.3 Å². The summed E-state index contributed by atoms with van der Waals surface area (Å²) in [6, 6.07) is 0.819. The molecule has 1 aromatic rings. The van der Waals surface area contributed by atoms with Crippen molar-refractivity contribution in [1.82, 2.24) is 0 Å². The molecule has 0 atom stereocenters. The highest BCUT2D eigenvalue weighted by molar-refractivity contribution is 6.18. The van der Waals surface area contributed by atoms with Crippen LogP contribution >= 0.6 is 0 Å². The summed E-state index contributed by atoms with van der Waals surface area (Å²) in [6.07, 6.45) is -9.64. The van der Waals surface area contributed by atoms with Crippen LogP contribution in [-0.4, -0.2) is 17.7 Å². The predicted octanol–water partition coefficient (Wildman–Crippen LogP) is 3.94. The van der Waals surface area contributed by atoms with Crippen molar-refractivity contribution in [3.63, 3.8) is 0 Å². The molecule has 0 aromatic heterocycles.